The number of hydrogen-bond acceptors (Lipinski definition) is 5. The number of carbonyl (C=O) groups excluding carboxylic acids is 1. The van der Waals surface area contributed by atoms with Gasteiger partial charge in [0, 0.05) is 6.07 Å². The SMILES string of the molecule is CCOC(=O)Cc1nc(OC(F)(F)F)cc(OC)c1C(F)(F)F. The fourth-order valence-electron chi connectivity index (χ4n) is 1.66. The van der Waals surface area contributed by atoms with Crippen molar-refractivity contribution < 1.29 is 45.3 Å². The van der Waals surface area contributed by atoms with Crippen molar-refractivity contribution in [2.75, 3.05) is 13.7 Å². The molecule has 0 aliphatic rings. The third-order valence-corrected chi connectivity index (χ3v) is 2.38. The van der Waals surface area contributed by atoms with Crippen LogP contribution in [0.2, 0.25) is 0 Å². The molecule has 1 rings (SSSR count). The van der Waals surface area contributed by atoms with Crippen molar-refractivity contribution in [1.29, 1.82) is 0 Å². The van der Waals surface area contributed by atoms with E-state index < -0.39 is 47.8 Å². The van der Waals surface area contributed by atoms with Gasteiger partial charge in [-0.3, -0.25) is 4.79 Å². The summed E-state index contributed by atoms with van der Waals surface area (Å²) in [5.41, 5.74) is -2.46. The molecule has 5 nitrogen and oxygen atoms in total. The van der Waals surface area contributed by atoms with Gasteiger partial charge in [0.2, 0.25) is 5.88 Å². The number of methoxy groups -OCH3 is 1. The van der Waals surface area contributed by atoms with E-state index in [1.807, 2.05) is 0 Å². The summed E-state index contributed by atoms with van der Waals surface area (Å²) in [5.74, 6) is -3.22. The molecular weight excluding hydrogens is 336 g/mol. The zero-order valence-corrected chi connectivity index (χ0v) is 11.8. The molecule has 0 amide bonds. The second kappa shape index (κ2) is 6.92. The van der Waals surface area contributed by atoms with E-state index in [2.05, 4.69) is 19.2 Å². The molecule has 0 aromatic carbocycles. The number of rotatable bonds is 5. The Kier molecular flexibility index (Phi) is 5.67. The predicted octanol–water partition coefficient (Wildman–Crippen LogP) is 3.11. The first-order valence-corrected chi connectivity index (χ1v) is 6.04. The molecule has 0 fully saturated rings. The summed E-state index contributed by atoms with van der Waals surface area (Å²) in [7, 11) is 0.829. The van der Waals surface area contributed by atoms with Gasteiger partial charge in [0.1, 0.15) is 11.3 Å². The molecule has 1 heterocycles. The summed E-state index contributed by atoms with van der Waals surface area (Å²) in [5, 5.41) is 0. The Bertz CT molecular complexity index is 570. The molecule has 0 bridgehead atoms. The third kappa shape index (κ3) is 5.49. The molecule has 1 aromatic heterocycles. The Balaban J connectivity index is 3.40. The highest BCUT2D eigenvalue weighted by Crippen LogP contribution is 2.40. The highest BCUT2D eigenvalue weighted by atomic mass is 19.4. The maximum atomic E-state index is 13.1. The van der Waals surface area contributed by atoms with Gasteiger partial charge in [0.15, 0.2) is 0 Å². The molecule has 0 saturated carbocycles. The number of esters is 1. The lowest BCUT2D eigenvalue weighted by atomic mass is 10.1. The standard InChI is InChI=1S/C12H11F6NO4/c1-3-22-9(20)4-6-10(11(13,14)15)7(21-2)5-8(19-6)23-12(16,17)18/h5H,3-4H2,1-2H3. The molecule has 0 radical (unpaired) electrons. The van der Waals surface area contributed by atoms with Gasteiger partial charge < -0.3 is 14.2 Å². The van der Waals surface area contributed by atoms with Gasteiger partial charge in [-0.2, -0.15) is 13.2 Å². The largest absolute Gasteiger partial charge is 0.574 e. The highest BCUT2D eigenvalue weighted by Gasteiger charge is 2.40. The second-order valence-electron chi connectivity index (χ2n) is 4.01. The van der Waals surface area contributed by atoms with Crippen LogP contribution in [0.5, 0.6) is 11.6 Å². The predicted molar refractivity (Wildman–Crippen MR) is 62.8 cm³/mol. The van der Waals surface area contributed by atoms with Crippen molar-refractivity contribution in [3.8, 4) is 11.6 Å². The van der Waals surface area contributed by atoms with Crippen LogP contribution < -0.4 is 9.47 Å². The Labute approximate surface area is 126 Å². The average Bonchev–Trinajstić information content (AvgIpc) is 2.34. The zero-order valence-electron chi connectivity index (χ0n) is 11.8. The van der Waals surface area contributed by atoms with Crippen LogP contribution in [0.15, 0.2) is 6.07 Å². The van der Waals surface area contributed by atoms with Gasteiger partial charge >= 0.3 is 18.5 Å². The van der Waals surface area contributed by atoms with E-state index >= 15 is 0 Å². The van der Waals surface area contributed by atoms with Crippen LogP contribution in [-0.2, 0) is 22.1 Å². The first-order chi connectivity index (χ1) is 10.5. The third-order valence-electron chi connectivity index (χ3n) is 2.38. The van der Waals surface area contributed by atoms with E-state index in [0.717, 1.165) is 7.11 Å². The molecule has 0 unspecified atom stereocenters. The monoisotopic (exact) mass is 347 g/mol. The van der Waals surface area contributed by atoms with Crippen LogP contribution in [0.4, 0.5) is 26.3 Å². The summed E-state index contributed by atoms with van der Waals surface area (Å²) in [6.07, 6.45) is -11.2. The van der Waals surface area contributed by atoms with Gasteiger partial charge in [0.05, 0.1) is 25.8 Å². The number of nitrogens with zero attached hydrogens (tertiary/aromatic N) is 1. The fourth-order valence-corrected chi connectivity index (χ4v) is 1.66. The van der Waals surface area contributed by atoms with Crippen LogP contribution >= 0.6 is 0 Å². The minimum Gasteiger partial charge on any atom is -0.496 e. The number of hydrogen-bond donors (Lipinski definition) is 0. The van der Waals surface area contributed by atoms with E-state index in [9.17, 15) is 31.1 Å². The van der Waals surface area contributed by atoms with Crippen LogP contribution in [0.3, 0.4) is 0 Å². The quantitative estimate of drug-likeness (QED) is 0.605. The van der Waals surface area contributed by atoms with Gasteiger partial charge in [-0.15, -0.1) is 13.2 Å². The van der Waals surface area contributed by atoms with E-state index in [-0.39, 0.29) is 6.61 Å². The highest BCUT2D eigenvalue weighted by molar-refractivity contribution is 5.73. The van der Waals surface area contributed by atoms with Crippen LogP contribution in [0.1, 0.15) is 18.2 Å². The topological polar surface area (TPSA) is 57.7 Å². The first-order valence-electron chi connectivity index (χ1n) is 6.04. The van der Waals surface area contributed by atoms with Crippen molar-refractivity contribution in [3.63, 3.8) is 0 Å². The molecule has 0 saturated heterocycles. The maximum Gasteiger partial charge on any atom is 0.574 e. The maximum absolute atomic E-state index is 13.1. The number of pyridine rings is 1. The summed E-state index contributed by atoms with van der Waals surface area (Å²) in [6.45, 7) is 1.30. The number of ether oxygens (including phenoxy) is 3. The number of alkyl halides is 6. The molecule has 1 aromatic rings. The molecule has 0 spiro atoms. The molecular formula is C12H11F6NO4. The van der Waals surface area contributed by atoms with Crippen LogP contribution in [-0.4, -0.2) is 31.0 Å². The van der Waals surface area contributed by atoms with Crippen molar-refractivity contribution in [2.45, 2.75) is 25.9 Å². The van der Waals surface area contributed by atoms with Crippen molar-refractivity contribution in [1.82, 2.24) is 4.98 Å². The van der Waals surface area contributed by atoms with Gasteiger partial charge in [-0.1, -0.05) is 0 Å². The lowest BCUT2D eigenvalue weighted by Gasteiger charge is -2.17. The van der Waals surface area contributed by atoms with E-state index in [1.165, 1.54) is 6.92 Å². The van der Waals surface area contributed by atoms with Gasteiger partial charge in [-0.05, 0) is 6.92 Å². The molecule has 0 atom stereocenters. The lowest BCUT2D eigenvalue weighted by molar-refractivity contribution is -0.276. The van der Waals surface area contributed by atoms with Gasteiger partial charge in [-0.25, -0.2) is 4.98 Å². The fraction of sp³-hybridized carbons (Fsp3) is 0.500. The minimum absolute atomic E-state index is 0.115. The smallest absolute Gasteiger partial charge is 0.496 e. The van der Waals surface area contributed by atoms with Crippen LogP contribution in [0, 0.1) is 0 Å². The second-order valence-corrected chi connectivity index (χ2v) is 4.01. The van der Waals surface area contributed by atoms with E-state index in [1.54, 1.807) is 0 Å². The summed E-state index contributed by atoms with van der Waals surface area (Å²) in [4.78, 5) is 14.5. The minimum atomic E-state index is -5.17. The van der Waals surface area contributed by atoms with Gasteiger partial charge in [0.25, 0.3) is 0 Å². The Morgan fingerprint density at radius 2 is 1.83 bits per heavy atom. The van der Waals surface area contributed by atoms with Crippen molar-refractivity contribution in [3.05, 3.63) is 17.3 Å². The molecule has 11 heteroatoms. The van der Waals surface area contributed by atoms with Crippen LogP contribution in [0.25, 0.3) is 0 Å². The van der Waals surface area contributed by atoms with E-state index in [4.69, 9.17) is 0 Å². The summed E-state index contributed by atoms with van der Waals surface area (Å²) in [6, 6.07) is 0.338. The molecule has 0 aliphatic carbocycles. The zero-order chi connectivity index (χ0) is 17.8. The lowest BCUT2D eigenvalue weighted by Crippen LogP contribution is -2.21. The molecule has 0 N–H and O–H groups in total. The number of aromatic nitrogens is 1. The Hall–Kier alpha value is -2.20. The molecule has 130 valence electrons. The number of halogens is 6. The normalized spacial score (nSPS) is 12.0. The van der Waals surface area contributed by atoms with Crippen molar-refractivity contribution >= 4 is 5.97 Å². The molecule has 23 heavy (non-hydrogen) atoms. The first kappa shape index (κ1) is 18.8. The Morgan fingerprint density at radius 1 is 1.22 bits per heavy atom. The average molecular weight is 347 g/mol. The summed E-state index contributed by atoms with van der Waals surface area (Å²) >= 11 is 0. The Morgan fingerprint density at radius 3 is 2.26 bits per heavy atom. The molecule has 0 aliphatic heterocycles. The summed E-state index contributed by atoms with van der Waals surface area (Å²) < 4.78 is 88.2. The van der Waals surface area contributed by atoms with Crippen molar-refractivity contribution in [2.24, 2.45) is 0 Å². The van der Waals surface area contributed by atoms with E-state index in [0.29, 0.717) is 6.07 Å². The number of carbonyl (C=O) groups is 1.